The topological polar surface area (TPSA) is 35.5 Å². The second kappa shape index (κ2) is 10.0. The van der Waals surface area contributed by atoms with E-state index in [9.17, 15) is 4.79 Å². The Morgan fingerprint density at radius 3 is 2.56 bits per heavy atom. The van der Waals surface area contributed by atoms with Crippen molar-refractivity contribution in [2.45, 2.75) is 59.0 Å². The van der Waals surface area contributed by atoms with Crippen LogP contribution in [0.4, 0.5) is 0 Å². The van der Waals surface area contributed by atoms with Crippen molar-refractivity contribution in [3.05, 3.63) is 88.5 Å². The maximum absolute atomic E-state index is 12.0. The lowest BCUT2D eigenvalue weighted by Gasteiger charge is -2.25. The third-order valence-electron chi connectivity index (χ3n) is 6.37. The molecule has 0 fully saturated rings. The molecule has 0 N–H and O–H groups in total. The molecule has 3 heteroatoms. The Morgan fingerprint density at radius 1 is 1.00 bits per heavy atom. The monoisotopic (exact) mass is 428 g/mol. The molecule has 0 heterocycles. The predicted octanol–water partition coefficient (Wildman–Crippen LogP) is 6.92. The zero-order chi connectivity index (χ0) is 22.5. The first-order valence-electron chi connectivity index (χ1n) is 11.6. The first-order valence-corrected chi connectivity index (χ1v) is 11.6. The van der Waals surface area contributed by atoms with Gasteiger partial charge in [0.1, 0.15) is 12.4 Å². The van der Waals surface area contributed by atoms with Crippen molar-refractivity contribution in [2.75, 3.05) is 6.61 Å². The number of benzene rings is 3. The fourth-order valence-electron chi connectivity index (χ4n) is 4.87. The molecule has 0 radical (unpaired) electrons. The average Bonchev–Trinajstić information content (AvgIpc) is 2.78. The van der Waals surface area contributed by atoms with Crippen LogP contribution in [0.25, 0.3) is 11.1 Å². The molecule has 4 rings (SSSR count). The number of carbonyl (C=O) groups excluding carboxylic acids is 1. The van der Waals surface area contributed by atoms with Gasteiger partial charge in [-0.15, -0.1) is 0 Å². The third-order valence-corrected chi connectivity index (χ3v) is 6.37. The van der Waals surface area contributed by atoms with Crippen LogP contribution in [0.3, 0.4) is 0 Å². The number of hydrogen-bond donors (Lipinski definition) is 0. The Morgan fingerprint density at radius 2 is 1.78 bits per heavy atom. The van der Waals surface area contributed by atoms with Crippen LogP contribution in [0.2, 0.25) is 0 Å². The fourth-order valence-corrected chi connectivity index (χ4v) is 4.87. The van der Waals surface area contributed by atoms with Crippen molar-refractivity contribution in [1.29, 1.82) is 0 Å². The molecule has 3 aromatic rings. The molecule has 3 nitrogen and oxygen atoms in total. The van der Waals surface area contributed by atoms with E-state index in [-0.39, 0.29) is 11.9 Å². The summed E-state index contributed by atoms with van der Waals surface area (Å²) in [6.45, 7) is 7.15. The lowest BCUT2D eigenvalue weighted by Crippen LogP contribution is -2.15. The number of rotatable bonds is 7. The quantitative estimate of drug-likeness (QED) is 0.383. The highest BCUT2D eigenvalue weighted by Gasteiger charge is 2.23. The number of hydrogen-bond acceptors (Lipinski definition) is 3. The van der Waals surface area contributed by atoms with E-state index >= 15 is 0 Å². The van der Waals surface area contributed by atoms with E-state index in [2.05, 4.69) is 68.4 Å². The smallest absolute Gasteiger partial charge is 0.306 e. The van der Waals surface area contributed by atoms with Gasteiger partial charge in [0.2, 0.25) is 0 Å². The second-order valence-electron chi connectivity index (χ2n) is 8.71. The highest BCUT2D eigenvalue weighted by Crippen LogP contribution is 2.36. The minimum absolute atomic E-state index is 0.102. The van der Waals surface area contributed by atoms with E-state index in [1.54, 1.807) is 0 Å². The summed E-state index contributed by atoms with van der Waals surface area (Å²) < 4.78 is 11.3. The Balaban J connectivity index is 1.47. The lowest BCUT2D eigenvalue weighted by molar-refractivity contribution is -0.143. The lowest BCUT2D eigenvalue weighted by atomic mass is 9.81. The molecule has 1 unspecified atom stereocenters. The van der Waals surface area contributed by atoms with Gasteiger partial charge in [-0.05, 0) is 103 Å². The van der Waals surface area contributed by atoms with Gasteiger partial charge in [-0.3, -0.25) is 4.79 Å². The van der Waals surface area contributed by atoms with Crippen LogP contribution >= 0.6 is 0 Å². The minimum atomic E-state index is -0.102. The van der Waals surface area contributed by atoms with Gasteiger partial charge in [0, 0.05) is 0 Å². The molecule has 1 aliphatic carbocycles. The largest absolute Gasteiger partial charge is 0.489 e. The summed E-state index contributed by atoms with van der Waals surface area (Å²) in [5, 5.41) is 0. The SMILES string of the molecule is CCOC(=O)CC1CCCc2cc(OCc3cccc(-c4c(C)cccc4C)c3)ccc21. The van der Waals surface area contributed by atoms with Crippen molar-refractivity contribution in [2.24, 2.45) is 0 Å². The zero-order valence-electron chi connectivity index (χ0n) is 19.3. The van der Waals surface area contributed by atoms with Crippen LogP contribution in [0.15, 0.2) is 60.7 Å². The normalized spacial score (nSPS) is 15.2. The number of esters is 1. The Hall–Kier alpha value is -3.07. The molecule has 1 atom stereocenters. The molecular formula is C29H32O3. The van der Waals surface area contributed by atoms with Crippen molar-refractivity contribution in [1.82, 2.24) is 0 Å². The maximum atomic E-state index is 12.0. The summed E-state index contributed by atoms with van der Waals surface area (Å²) in [6.07, 6.45) is 3.63. The number of ether oxygens (including phenoxy) is 2. The van der Waals surface area contributed by atoms with E-state index in [0.717, 1.165) is 30.6 Å². The van der Waals surface area contributed by atoms with E-state index in [1.165, 1.54) is 33.4 Å². The molecule has 0 bridgehead atoms. The molecule has 32 heavy (non-hydrogen) atoms. The van der Waals surface area contributed by atoms with E-state index in [0.29, 0.717) is 19.6 Å². The van der Waals surface area contributed by atoms with Crippen LogP contribution in [0.1, 0.15) is 59.9 Å². The van der Waals surface area contributed by atoms with Crippen molar-refractivity contribution >= 4 is 5.97 Å². The van der Waals surface area contributed by atoms with Gasteiger partial charge in [0.05, 0.1) is 13.0 Å². The molecule has 0 spiro atoms. The summed E-state index contributed by atoms with van der Waals surface area (Å²) >= 11 is 0. The molecule has 0 saturated heterocycles. The van der Waals surface area contributed by atoms with Crippen molar-refractivity contribution < 1.29 is 14.3 Å². The van der Waals surface area contributed by atoms with Crippen LogP contribution in [-0.2, 0) is 22.6 Å². The summed E-state index contributed by atoms with van der Waals surface area (Å²) in [4.78, 5) is 12.0. The van der Waals surface area contributed by atoms with Gasteiger partial charge in [0.15, 0.2) is 0 Å². The van der Waals surface area contributed by atoms with E-state index < -0.39 is 0 Å². The highest BCUT2D eigenvalue weighted by atomic mass is 16.5. The Kier molecular flexibility index (Phi) is 6.94. The number of fused-ring (bicyclic) bond motifs is 1. The predicted molar refractivity (Wildman–Crippen MR) is 129 cm³/mol. The molecule has 3 aromatic carbocycles. The minimum Gasteiger partial charge on any atom is -0.489 e. The van der Waals surface area contributed by atoms with Crippen LogP contribution < -0.4 is 4.74 Å². The first kappa shape index (κ1) is 22.1. The van der Waals surface area contributed by atoms with Gasteiger partial charge in [-0.1, -0.05) is 42.5 Å². The second-order valence-corrected chi connectivity index (χ2v) is 8.71. The average molecular weight is 429 g/mol. The van der Waals surface area contributed by atoms with Crippen LogP contribution in [-0.4, -0.2) is 12.6 Å². The molecule has 0 aliphatic heterocycles. The Bertz CT molecular complexity index is 1080. The molecule has 166 valence electrons. The zero-order valence-corrected chi connectivity index (χ0v) is 19.3. The van der Waals surface area contributed by atoms with Crippen molar-refractivity contribution in [3.63, 3.8) is 0 Å². The van der Waals surface area contributed by atoms with Crippen LogP contribution in [0.5, 0.6) is 5.75 Å². The molecule has 1 aliphatic rings. The standard InChI is InChI=1S/C29H32O3/c1-4-31-28(30)18-24-12-7-11-23-17-26(14-15-27(23)24)32-19-22-10-6-13-25(16-22)29-20(2)8-5-9-21(29)3/h5-6,8-10,13-17,24H,4,7,11-12,18-19H2,1-3H3. The summed E-state index contributed by atoms with van der Waals surface area (Å²) in [7, 11) is 0. The van der Waals surface area contributed by atoms with Gasteiger partial charge >= 0.3 is 5.97 Å². The van der Waals surface area contributed by atoms with Gasteiger partial charge < -0.3 is 9.47 Å². The molecule has 0 aromatic heterocycles. The molecule has 0 saturated carbocycles. The number of aryl methyl sites for hydroxylation is 3. The molecular weight excluding hydrogens is 396 g/mol. The highest BCUT2D eigenvalue weighted by molar-refractivity contribution is 5.71. The van der Waals surface area contributed by atoms with Crippen LogP contribution in [0, 0.1) is 13.8 Å². The summed E-state index contributed by atoms with van der Waals surface area (Å²) in [5.41, 5.74) is 8.83. The first-order chi connectivity index (χ1) is 15.5. The van der Waals surface area contributed by atoms with Gasteiger partial charge in [-0.25, -0.2) is 0 Å². The molecule has 0 amide bonds. The maximum Gasteiger partial charge on any atom is 0.306 e. The summed E-state index contributed by atoms with van der Waals surface area (Å²) in [5.74, 6) is 1.04. The van der Waals surface area contributed by atoms with Gasteiger partial charge in [0.25, 0.3) is 0 Å². The van der Waals surface area contributed by atoms with E-state index in [4.69, 9.17) is 9.47 Å². The fraction of sp³-hybridized carbons (Fsp3) is 0.345. The van der Waals surface area contributed by atoms with E-state index in [1.807, 2.05) is 13.0 Å². The third kappa shape index (κ3) is 5.04. The van der Waals surface area contributed by atoms with Gasteiger partial charge in [-0.2, -0.15) is 0 Å². The summed E-state index contributed by atoms with van der Waals surface area (Å²) in [6, 6.07) is 21.4. The van der Waals surface area contributed by atoms with Crippen molar-refractivity contribution in [3.8, 4) is 16.9 Å². The number of carbonyl (C=O) groups is 1. The Labute approximate surface area is 191 Å².